The Morgan fingerprint density at radius 1 is 1.19 bits per heavy atom. The molecule has 0 unspecified atom stereocenters. The van der Waals surface area contributed by atoms with Crippen LogP contribution in [0, 0.1) is 5.82 Å². The Morgan fingerprint density at radius 3 is 2.58 bits per heavy atom. The summed E-state index contributed by atoms with van der Waals surface area (Å²) in [6.45, 7) is 0.924. The summed E-state index contributed by atoms with van der Waals surface area (Å²) < 4.78 is 20.7. The van der Waals surface area contributed by atoms with Gasteiger partial charge in [0.25, 0.3) is 5.91 Å². The van der Waals surface area contributed by atoms with Gasteiger partial charge >= 0.3 is 0 Å². The minimum absolute atomic E-state index is 0.0836. The molecule has 0 spiro atoms. The molecule has 0 bridgehead atoms. The summed E-state index contributed by atoms with van der Waals surface area (Å²) in [5, 5.41) is 1.08. The van der Waals surface area contributed by atoms with E-state index in [9.17, 15) is 9.18 Å². The van der Waals surface area contributed by atoms with E-state index in [2.05, 4.69) is 4.99 Å². The minimum Gasteiger partial charge on any atom is -0.383 e. The van der Waals surface area contributed by atoms with E-state index in [0.29, 0.717) is 33.6 Å². The molecule has 1 heterocycles. The number of amides is 1. The van der Waals surface area contributed by atoms with Crippen LogP contribution in [0.5, 0.6) is 0 Å². The average molecular weight is 413 g/mol. The number of methoxy groups -OCH3 is 1. The third-order valence-electron chi connectivity index (χ3n) is 3.74. The highest BCUT2D eigenvalue weighted by Gasteiger charge is 2.14. The number of fused-ring (bicyclic) bond motifs is 1. The molecule has 2 aromatic carbocycles. The Morgan fingerprint density at radius 2 is 1.88 bits per heavy atom. The van der Waals surface area contributed by atoms with Crippen molar-refractivity contribution in [2.75, 3.05) is 13.7 Å². The van der Waals surface area contributed by atoms with Crippen molar-refractivity contribution in [3.63, 3.8) is 0 Å². The first-order chi connectivity index (χ1) is 12.5. The lowest BCUT2D eigenvalue weighted by atomic mass is 10.1. The fourth-order valence-electron chi connectivity index (χ4n) is 2.51. The van der Waals surface area contributed by atoms with Crippen LogP contribution in [0.1, 0.15) is 5.56 Å². The predicted octanol–water partition coefficient (Wildman–Crippen LogP) is 4.47. The quantitative estimate of drug-likeness (QED) is 0.620. The summed E-state index contributed by atoms with van der Waals surface area (Å²) in [6.07, 6.45) is 0.0836. The van der Waals surface area contributed by atoms with E-state index < -0.39 is 0 Å². The summed E-state index contributed by atoms with van der Waals surface area (Å²) in [4.78, 5) is 17.1. The average Bonchev–Trinajstić information content (AvgIpc) is 2.97. The van der Waals surface area contributed by atoms with Crippen molar-refractivity contribution in [2.24, 2.45) is 4.99 Å². The Balaban J connectivity index is 2.03. The number of hydrogen-bond donors (Lipinski definition) is 0. The van der Waals surface area contributed by atoms with Gasteiger partial charge in [0.15, 0.2) is 4.80 Å². The minimum atomic E-state index is -0.343. The highest BCUT2D eigenvalue weighted by Crippen LogP contribution is 2.31. The molecule has 26 heavy (non-hydrogen) atoms. The van der Waals surface area contributed by atoms with Crippen LogP contribution in [0.4, 0.5) is 4.39 Å². The molecule has 136 valence electrons. The van der Waals surface area contributed by atoms with E-state index in [1.807, 2.05) is 4.57 Å². The number of nitrogens with zero attached hydrogens (tertiary/aromatic N) is 2. The molecule has 0 N–H and O–H groups in total. The van der Waals surface area contributed by atoms with Gasteiger partial charge in [0.05, 0.1) is 33.3 Å². The number of ether oxygens (including phenoxy) is 1. The Kier molecular flexibility index (Phi) is 6.09. The molecule has 0 aliphatic carbocycles. The van der Waals surface area contributed by atoms with Gasteiger partial charge in [-0.25, -0.2) is 4.39 Å². The molecule has 3 aromatic rings. The maximum atomic E-state index is 13.0. The third kappa shape index (κ3) is 4.15. The van der Waals surface area contributed by atoms with E-state index in [0.717, 1.165) is 10.2 Å². The van der Waals surface area contributed by atoms with Crippen LogP contribution in [0.2, 0.25) is 10.0 Å². The van der Waals surface area contributed by atoms with E-state index in [-0.39, 0.29) is 18.1 Å². The molecular weight excluding hydrogens is 398 g/mol. The number of hydrogen-bond acceptors (Lipinski definition) is 3. The van der Waals surface area contributed by atoms with Crippen molar-refractivity contribution in [3.8, 4) is 0 Å². The van der Waals surface area contributed by atoms with Crippen molar-refractivity contribution < 1.29 is 13.9 Å². The normalized spacial score (nSPS) is 12.1. The van der Waals surface area contributed by atoms with Crippen molar-refractivity contribution in [1.29, 1.82) is 0 Å². The smallest absolute Gasteiger partial charge is 0.252 e. The molecule has 0 saturated carbocycles. The highest BCUT2D eigenvalue weighted by atomic mass is 35.5. The SMILES string of the molecule is COCCn1c(=NC(=O)Cc2ccc(F)cc2)sc2c(Cl)ccc(Cl)c21. The number of benzene rings is 2. The molecule has 0 fully saturated rings. The zero-order chi connectivity index (χ0) is 18.7. The van der Waals surface area contributed by atoms with Gasteiger partial charge in [0.1, 0.15) is 5.82 Å². The summed E-state index contributed by atoms with van der Waals surface area (Å²) >= 11 is 13.9. The molecular formula is C18H15Cl2FN2O2S. The number of halogens is 3. The van der Waals surface area contributed by atoms with E-state index in [1.165, 1.54) is 23.5 Å². The van der Waals surface area contributed by atoms with Gasteiger partial charge in [0, 0.05) is 13.7 Å². The van der Waals surface area contributed by atoms with Crippen LogP contribution in [-0.2, 0) is 22.5 Å². The van der Waals surface area contributed by atoms with Gasteiger partial charge < -0.3 is 9.30 Å². The predicted molar refractivity (Wildman–Crippen MR) is 102 cm³/mol. The number of carbonyl (C=O) groups excluding carboxylic acids is 1. The molecule has 4 nitrogen and oxygen atoms in total. The van der Waals surface area contributed by atoms with Crippen LogP contribution in [-0.4, -0.2) is 24.2 Å². The first kappa shape index (κ1) is 19.0. The number of thiazole rings is 1. The topological polar surface area (TPSA) is 43.6 Å². The standard InChI is InChI=1S/C18H15Cl2FN2O2S/c1-25-9-8-23-16-13(19)6-7-14(20)17(16)26-18(23)22-15(24)10-11-2-4-12(21)5-3-11/h2-7H,8-10H2,1H3. The summed E-state index contributed by atoms with van der Waals surface area (Å²) in [7, 11) is 1.60. The van der Waals surface area contributed by atoms with Gasteiger partial charge in [0.2, 0.25) is 0 Å². The molecule has 1 amide bonds. The fraction of sp³-hybridized carbons (Fsp3) is 0.222. The zero-order valence-electron chi connectivity index (χ0n) is 13.8. The van der Waals surface area contributed by atoms with Crippen molar-refractivity contribution in [2.45, 2.75) is 13.0 Å². The molecule has 0 aliphatic rings. The van der Waals surface area contributed by atoms with E-state index in [1.54, 1.807) is 31.4 Å². The summed E-state index contributed by atoms with van der Waals surface area (Å²) in [5.74, 6) is -0.675. The molecule has 0 radical (unpaired) electrons. The van der Waals surface area contributed by atoms with Gasteiger partial charge in [-0.2, -0.15) is 4.99 Å². The molecule has 3 rings (SSSR count). The lowest BCUT2D eigenvalue weighted by Gasteiger charge is -2.06. The lowest BCUT2D eigenvalue weighted by Crippen LogP contribution is -2.20. The van der Waals surface area contributed by atoms with Crippen LogP contribution in [0.15, 0.2) is 41.4 Å². The van der Waals surface area contributed by atoms with Gasteiger partial charge in [-0.15, -0.1) is 0 Å². The van der Waals surface area contributed by atoms with Crippen molar-refractivity contribution in [3.05, 3.63) is 62.6 Å². The Labute approximate surface area is 163 Å². The summed E-state index contributed by atoms with van der Waals surface area (Å²) in [6, 6.07) is 9.21. The number of carbonyl (C=O) groups is 1. The van der Waals surface area contributed by atoms with Crippen LogP contribution in [0.25, 0.3) is 10.2 Å². The summed E-state index contributed by atoms with van der Waals surface area (Å²) in [5.41, 5.74) is 1.43. The zero-order valence-corrected chi connectivity index (χ0v) is 16.2. The van der Waals surface area contributed by atoms with E-state index in [4.69, 9.17) is 27.9 Å². The van der Waals surface area contributed by atoms with Crippen LogP contribution < -0.4 is 4.80 Å². The Bertz CT molecular complexity index is 1010. The lowest BCUT2D eigenvalue weighted by molar-refractivity contribution is -0.117. The maximum Gasteiger partial charge on any atom is 0.252 e. The largest absolute Gasteiger partial charge is 0.383 e. The van der Waals surface area contributed by atoms with Crippen molar-refractivity contribution >= 4 is 50.7 Å². The molecule has 1 aromatic heterocycles. The first-order valence-corrected chi connectivity index (χ1v) is 9.35. The highest BCUT2D eigenvalue weighted by molar-refractivity contribution is 7.17. The molecule has 0 saturated heterocycles. The molecule has 8 heteroatoms. The van der Waals surface area contributed by atoms with Gasteiger partial charge in [-0.3, -0.25) is 4.79 Å². The van der Waals surface area contributed by atoms with E-state index >= 15 is 0 Å². The van der Waals surface area contributed by atoms with Crippen LogP contribution >= 0.6 is 34.5 Å². The first-order valence-electron chi connectivity index (χ1n) is 7.78. The fourth-order valence-corrected chi connectivity index (χ4v) is 4.20. The second kappa shape index (κ2) is 8.31. The second-order valence-electron chi connectivity index (χ2n) is 5.54. The maximum absolute atomic E-state index is 13.0. The van der Waals surface area contributed by atoms with Gasteiger partial charge in [-0.1, -0.05) is 46.7 Å². The number of rotatable bonds is 5. The Hall–Kier alpha value is -1.73. The second-order valence-corrected chi connectivity index (χ2v) is 7.34. The van der Waals surface area contributed by atoms with Crippen molar-refractivity contribution in [1.82, 2.24) is 4.57 Å². The molecule has 0 aliphatic heterocycles. The van der Waals surface area contributed by atoms with Gasteiger partial charge in [-0.05, 0) is 29.8 Å². The molecule has 0 atom stereocenters. The third-order valence-corrected chi connectivity index (χ3v) is 5.58. The van der Waals surface area contributed by atoms with Crippen LogP contribution in [0.3, 0.4) is 0 Å². The monoisotopic (exact) mass is 412 g/mol. The number of aromatic nitrogens is 1.